The first-order valence-electron chi connectivity index (χ1n) is 5.61. The largest absolute Gasteiger partial charge is 0.350 e. The van der Waals surface area contributed by atoms with Crippen LogP contribution in [0, 0.1) is 10.1 Å². The molecule has 2 aliphatic rings. The molecule has 1 aliphatic carbocycles. The molecule has 1 heterocycles. The van der Waals surface area contributed by atoms with E-state index in [1.807, 2.05) is 0 Å². The zero-order valence-electron chi connectivity index (χ0n) is 8.81. The fourth-order valence-electron chi connectivity index (χ4n) is 2.52. The van der Waals surface area contributed by atoms with Gasteiger partial charge in [-0.1, -0.05) is 0 Å². The molecule has 1 saturated heterocycles. The topological polar surface area (TPSA) is 61.6 Å². The molecule has 0 aromatic heterocycles. The Labute approximate surface area is 88.9 Å². The minimum absolute atomic E-state index is 0.0883. The molecule has 2 fully saturated rings. The molecular formula is C10H17NO4. The maximum Gasteiger partial charge on any atom is 0.222 e. The number of nitro groups is 1. The van der Waals surface area contributed by atoms with Crippen molar-refractivity contribution in [2.24, 2.45) is 0 Å². The lowest BCUT2D eigenvalue weighted by atomic mass is 9.92. The Balaban J connectivity index is 1.86. The molecule has 1 saturated carbocycles. The van der Waals surface area contributed by atoms with E-state index < -0.39 is 5.54 Å². The van der Waals surface area contributed by atoms with E-state index in [1.54, 1.807) is 0 Å². The second kappa shape index (κ2) is 4.45. The smallest absolute Gasteiger partial charge is 0.222 e. The van der Waals surface area contributed by atoms with Crippen molar-refractivity contribution < 1.29 is 14.4 Å². The summed E-state index contributed by atoms with van der Waals surface area (Å²) in [5, 5.41) is 11.1. The highest BCUT2D eigenvalue weighted by Crippen LogP contribution is 2.37. The van der Waals surface area contributed by atoms with Gasteiger partial charge in [-0.25, -0.2) is 0 Å². The third-order valence-corrected chi connectivity index (χ3v) is 3.46. The predicted molar refractivity (Wildman–Crippen MR) is 53.1 cm³/mol. The second-order valence-electron chi connectivity index (χ2n) is 4.40. The molecule has 0 aromatic carbocycles. The van der Waals surface area contributed by atoms with Crippen LogP contribution in [0.5, 0.6) is 0 Å². The normalized spacial score (nSPS) is 25.9. The average Bonchev–Trinajstić information content (AvgIpc) is 2.87. The molecule has 15 heavy (non-hydrogen) atoms. The number of rotatable bonds is 4. The molecule has 5 nitrogen and oxygen atoms in total. The van der Waals surface area contributed by atoms with Crippen LogP contribution in [0.2, 0.25) is 0 Å². The van der Waals surface area contributed by atoms with Gasteiger partial charge in [0.05, 0.1) is 13.2 Å². The lowest BCUT2D eigenvalue weighted by molar-refractivity contribution is -0.570. The highest BCUT2D eigenvalue weighted by Gasteiger charge is 2.45. The molecular weight excluding hydrogens is 198 g/mol. The first-order valence-corrected chi connectivity index (χ1v) is 5.61. The van der Waals surface area contributed by atoms with Crippen LogP contribution in [0.25, 0.3) is 0 Å². The van der Waals surface area contributed by atoms with Crippen LogP contribution >= 0.6 is 0 Å². The van der Waals surface area contributed by atoms with Crippen molar-refractivity contribution in [3.63, 3.8) is 0 Å². The fraction of sp³-hybridized carbons (Fsp3) is 1.00. The quantitative estimate of drug-likeness (QED) is 0.529. The molecule has 0 unspecified atom stereocenters. The van der Waals surface area contributed by atoms with Crippen molar-refractivity contribution in [1.82, 2.24) is 0 Å². The third kappa shape index (κ3) is 2.29. The summed E-state index contributed by atoms with van der Waals surface area (Å²) < 4.78 is 10.6. The first kappa shape index (κ1) is 10.8. The van der Waals surface area contributed by atoms with Crippen molar-refractivity contribution in [1.29, 1.82) is 0 Å². The van der Waals surface area contributed by atoms with Crippen LogP contribution in [0.15, 0.2) is 0 Å². The molecule has 0 atom stereocenters. The Kier molecular flexibility index (Phi) is 3.21. The summed E-state index contributed by atoms with van der Waals surface area (Å²) >= 11 is 0. The maximum absolute atomic E-state index is 11.1. The standard InChI is InChI=1S/C10H17NO4/c12-11(13)10(4-1-2-5-10)6-3-9-14-7-8-15-9/h9H,1-8H2. The molecule has 0 radical (unpaired) electrons. The first-order chi connectivity index (χ1) is 7.23. The summed E-state index contributed by atoms with van der Waals surface area (Å²) in [7, 11) is 0. The van der Waals surface area contributed by atoms with E-state index in [0.29, 0.717) is 38.9 Å². The molecule has 0 aromatic rings. The summed E-state index contributed by atoms with van der Waals surface area (Å²) in [6.07, 6.45) is 4.42. The summed E-state index contributed by atoms with van der Waals surface area (Å²) in [5.74, 6) is 0. The van der Waals surface area contributed by atoms with Crippen LogP contribution in [-0.4, -0.2) is 30.0 Å². The number of nitrogens with zero attached hydrogens (tertiary/aromatic N) is 1. The van der Waals surface area contributed by atoms with Gasteiger partial charge < -0.3 is 9.47 Å². The van der Waals surface area contributed by atoms with Gasteiger partial charge in [0.15, 0.2) is 6.29 Å². The third-order valence-electron chi connectivity index (χ3n) is 3.46. The molecule has 0 bridgehead atoms. The van der Waals surface area contributed by atoms with E-state index in [1.165, 1.54) is 0 Å². The van der Waals surface area contributed by atoms with E-state index in [0.717, 1.165) is 12.8 Å². The molecule has 0 amide bonds. The van der Waals surface area contributed by atoms with Gasteiger partial charge in [-0.2, -0.15) is 0 Å². The van der Waals surface area contributed by atoms with Gasteiger partial charge in [-0.05, 0) is 12.8 Å². The van der Waals surface area contributed by atoms with Gasteiger partial charge in [-0.15, -0.1) is 0 Å². The molecule has 1 aliphatic heterocycles. The lowest BCUT2D eigenvalue weighted by Gasteiger charge is -2.20. The van der Waals surface area contributed by atoms with Gasteiger partial charge in [0.1, 0.15) is 0 Å². The van der Waals surface area contributed by atoms with Crippen molar-refractivity contribution >= 4 is 0 Å². The van der Waals surface area contributed by atoms with Gasteiger partial charge in [-0.3, -0.25) is 10.1 Å². The van der Waals surface area contributed by atoms with Gasteiger partial charge in [0.25, 0.3) is 0 Å². The van der Waals surface area contributed by atoms with Gasteiger partial charge in [0.2, 0.25) is 5.54 Å². The minimum Gasteiger partial charge on any atom is -0.350 e. The van der Waals surface area contributed by atoms with Crippen molar-refractivity contribution in [2.45, 2.75) is 50.4 Å². The van der Waals surface area contributed by atoms with E-state index in [4.69, 9.17) is 9.47 Å². The molecule has 0 N–H and O–H groups in total. The predicted octanol–water partition coefficient (Wildman–Crippen LogP) is 1.73. The zero-order chi connectivity index (χ0) is 10.7. The van der Waals surface area contributed by atoms with Gasteiger partial charge >= 0.3 is 0 Å². The highest BCUT2D eigenvalue weighted by molar-refractivity contribution is 4.85. The zero-order valence-corrected chi connectivity index (χ0v) is 8.81. The van der Waals surface area contributed by atoms with Crippen LogP contribution in [0.4, 0.5) is 0 Å². The Hall–Kier alpha value is -0.680. The molecule has 0 spiro atoms. The lowest BCUT2D eigenvalue weighted by Crippen LogP contribution is -2.36. The summed E-state index contributed by atoms with van der Waals surface area (Å²) in [5.41, 5.74) is -0.685. The Morgan fingerprint density at radius 1 is 1.27 bits per heavy atom. The van der Waals surface area contributed by atoms with Crippen molar-refractivity contribution in [2.75, 3.05) is 13.2 Å². The van der Waals surface area contributed by atoms with E-state index in [2.05, 4.69) is 0 Å². The van der Waals surface area contributed by atoms with Crippen LogP contribution in [0.1, 0.15) is 38.5 Å². The average molecular weight is 215 g/mol. The monoisotopic (exact) mass is 215 g/mol. The molecule has 5 heteroatoms. The highest BCUT2D eigenvalue weighted by atomic mass is 16.7. The number of ether oxygens (including phenoxy) is 2. The van der Waals surface area contributed by atoms with E-state index in [-0.39, 0.29) is 11.2 Å². The number of hydrogen-bond acceptors (Lipinski definition) is 4. The molecule has 2 rings (SSSR count). The van der Waals surface area contributed by atoms with E-state index in [9.17, 15) is 10.1 Å². The summed E-state index contributed by atoms with van der Waals surface area (Å²) in [6, 6.07) is 0. The van der Waals surface area contributed by atoms with Gasteiger partial charge in [0, 0.05) is 30.6 Å². The van der Waals surface area contributed by atoms with Crippen LogP contribution < -0.4 is 0 Å². The second-order valence-corrected chi connectivity index (χ2v) is 4.40. The minimum atomic E-state index is -0.685. The Morgan fingerprint density at radius 2 is 1.87 bits per heavy atom. The Morgan fingerprint density at radius 3 is 2.40 bits per heavy atom. The summed E-state index contributed by atoms with van der Waals surface area (Å²) in [4.78, 5) is 11.0. The number of hydrogen-bond donors (Lipinski definition) is 0. The fourth-order valence-corrected chi connectivity index (χ4v) is 2.52. The summed E-state index contributed by atoms with van der Waals surface area (Å²) in [6.45, 7) is 1.24. The molecule has 86 valence electrons. The SMILES string of the molecule is O=[N+]([O-])C1(CCC2OCCO2)CCCC1. The van der Waals surface area contributed by atoms with Crippen molar-refractivity contribution in [3.8, 4) is 0 Å². The Bertz CT molecular complexity index is 232. The van der Waals surface area contributed by atoms with E-state index >= 15 is 0 Å². The maximum atomic E-state index is 11.1. The van der Waals surface area contributed by atoms with Crippen LogP contribution in [-0.2, 0) is 9.47 Å². The van der Waals surface area contributed by atoms with Crippen LogP contribution in [0.3, 0.4) is 0 Å². The van der Waals surface area contributed by atoms with Crippen molar-refractivity contribution in [3.05, 3.63) is 10.1 Å².